The van der Waals surface area contributed by atoms with Crippen molar-refractivity contribution in [1.82, 2.24) is 24.6 Å². The van der Waals surface area contributed by atoms with Gasteiger partial charge in [0, 0.05) is 42.5 Å². The molecule has 1 saturated carbocycles. The number of piperidine rings is 1. The van der Waals surface area contributed by atoms with Crippen LogP contribution in [-0.4, -0.2) is 44.3 Å². The van der Waals surface area contributed by atoms with Crippen LogP contribution < -0.4 is 11.2 Å². The molecule has 0 amide bonds. The van der Waals surface area contributed by atoms with Crippen molar-refractivity contribution in [3.63, 3.8) is 0 Å². The van der Waals surface area contributed by atoms with Gasteiger partial charge in [-0.1, -0.05) is 12.1 Å². The van der Waals surface area contributed by atoms with E-state index in [2.05, 4.69) is 20.0 Å². The molecular formula is C24H24F3N5O2. The summed E-state index contributed by atoms with van der Waals surface area (Å²) in [5.41, 5.74) is 0.557. The van der Waals surface area contributed by atoms with Crippen LogP contribution in [0.5, 0.6) is 0 Å². The fourth-order valence-corrected chi connectivity index (χ4v) is 5.13. The van der Waals surface area contributed by atoms with Crippen molar-refractivity contribution in [2.45, 2.75) is 37.9 Å². The van der Waals surface area contributed by atoms with Gasteiger partial charge in [-0.25, -0.2) is 9.48 Å². The Labute approximate surface area is 193 Å². The van der Waals surface area contributed by atoms with Gasteiger partial charge in [0.05, 0.1) is 5.56 Å². The first-order chi connectivity index (χ1) is 16.2. The molecule has 2 fully saturated rings. The maximum absolute atomic E-state index is 12.9. The first kappa shape index (κ1) is 22.5. The summed E-state index contributed by atoms with van der Waals surface area (Å²) in [5, 5.41) is 4.29. The third-order valence-electron chi connectivity index (χ3n) is 7.00. The number of hydrogen-bond donors (Lipinski definition) is 1. The maximum atomic E-state index is 12.9. The number of benzene rings is 1. The highest BCUT2D eigenvalue weighted by Gasteiger charge is 2.60. The lowest BCUT2D eigenvalue weighted by atomic mass is 9.94. The molecule has 7 nitrogen and oxygen atoms in total. The summed E-state index contributed by atoms with van der Waals surface area (Å²) in [6.07, 6.45) is -1.06. The Morgan fingerprint density at radius 1 is 1.15 bits per heavy atom. The summed E-state index contributed by atoms with van der Waals surface area (Å²) in [4.78, 5) is 33.4. The molecule has 2 aliphatic rings. The number of nitrogens with one attached hydrogen (secondary N) is 1. The minimum Gasteiger partial charge on any atom is -0.302 e. The second kappa shape index (κ2) is 8.19. The number of alkyl halides is 3. The summed E-state index contributed by atoms with van der Waals surface area (Å²) in [6.45, 7) is 4.52. The maximum Gasteiger partial charge on any atom is 0.416 e. The van der Waals surface area contributed by atoms with E-state index in [4.69, 9.17) is 0 Å². The van der Waals surface area contributed by atoms with E-state index in [9.17, 15) is 22.8 Å². The average Bonchev–Trinajstić information content (AvgIpc) is 3.37. The largest absolute Gasteiger partial charge is 0.416 e. The van der Waals surface area contributed by atoms with Crippen LogP contribution in [-0.2, 0) is 18.1 Å². The number of rotatable bonds is 6. The number of hydrogen-bond acceptors (Lipinski definition) is 5. The number of fused-ring (bicyclic) bond motifs is 1. The molecule has 1 aliphatic carbocycles. The van der Waals surface area contributed by atoms with Crippen LogP contribution >= 0.6 is 0 Å². The lowest BCUT2D eigenvalue weighted by Gasteiger charge is -2.21. The molecule has 10 heteroatoms. The van der Waals surface area contributed by atoms with Gasteiger partial charge in [-0.15, -0.1) is 0 Å². The highest BCUT2D eigenvalue weighted by Crippen LogP contribution is 2.59. The Balaban J connectivity index is 1.23. The van der Waals surface area contributed by atoms with Crippen LogP contribution in [0.15, 0.2) is 52.2 Å². The summed E-state index contributed by atoms with van der Waals surface area (Å²) in [7, 11) is 0. The summed E-state index contributed by atoms with van der Waals surface area (Å²) >= 11 is 0. The minimum atomic E-state index is -4.33. The Morgan fingerprint density at radius 3 is 2.62 bits per heavy atom. The summed E-state index contributed by atoms with van der Waals surface area (Å²) in [5.74, 6) is 0.443. The standard InChI is InChI=1S/C24H24F3N5O2/c1-15-19(4-2-9-28-15)20-21(33)29-22(34)32(30-20)11-3-10-31-13-18-12-23(18,14-31)16-5-7-17(8-6-16)24(25,26)27/h2,4-9,18H,3,10-14H2,1H3,(H,29,33,34)/t18?,23-/m1/s1. The molecule has 1 aliphatic heterocycles. The molecule has 34 heavy (non-hydrogen) atoms. The number of H-pyrrole nitrogens is 1. The zero-order valence-corrected chi connectivity index (χ0v) is 18.6. The van der Waals surface area contributed by atoms with Crippen molar-refractivity contribution in [2.24, 2.45) is 5.92 Å². The van der Waals surface area contributed by atoms with Gasteiger partial charge in [-0.3, -0.25) is 14.8 Å². The molecule has 1 saturated heterocycles. The van der Waals surface area contributed by atoms with E-state index in [1.165, 1.54) is 4.68 Å². The monoisotopic (exact) mass is 471 g/mol. The van der Waals surface area contributed by atoms with Crippen molar-refractivity contribution >= 4 is 0 Å². The molecule has 0 spiro atoms. The van der Waals surface area contributed by atoms with Crippen molar-refractivity contribution < 1.29 is 13.2 Å². The van der Waals surface area contributed by atoms with Crippen molar-refractivity contribution in [2.75, 3.05) is 19.6 Å². The molecule has 3 aromatic rings. The number of aromatic amines is 1. The minimum absolute atomic E-state index is 0.0673. The van der Waals surface area contributed by atoms with Gasteiger partial charge in [-0.2, -0.15) is 18.3 Å². The Morgan fingerprint density at radius 2 is 1.91 bits per heavy atom. The zero-order chi connectivity index (χ0) is 24.1. The Hall–Kier alpha value is -3.27. The lowest BCUT2D eigenvalue weighted by molar-refractivity contribution is -0.137. The third kappa shape index (κ3) is 4.06. The Bertz CT molecular complexity index is 1330. The molecule has 2 aromatic heterocycles. The van der Waals surface area contributed by atoms with Crippen molar-refractivity contribution in [3.05, 3.63) is 80.3 Å². The van der Waals surface area contributed by atoms with E-state index in [-0.39, 0.29) is 11.1 Å². The predicted molar refractivity (Wildman–Crippen MR) is 119 cm³/mol. The van der Waals surface area contributed by atoms with Gasteiger partial charge >= 0.3 is 11.9 Å². The molecule has 0 radical (unpaired) electrons. The first-order valence-corrected chi connectivity index (χ1v) is 11.2. The van der Waals surface area contributed by atoms with E-state index in [1.807, 2.05) is 0 Å². The van der Waals surface area contributed by atoms with E-state index in [0.29, 0.717) is 30.1 Å². The van der Waals surface area contributed by atoms with Gasteiger partial charge in [0.2, 0.25) is 0 Å². The third-order valence-corrected chi connectivity index (χ3v) is 7.00. The second-order valence-electron chi connectivity index (χ2n) is 9.19. The summed E-state index contributed by atoms with van der Waals surface area (Å²) < 4.78 is 39.9. The van der Waals surface area contributed by atoms with Crippen LogP contribution in [0.1, 0.15) is 29.7 Å². The topological polar surface area (TPSA) is 83.9 Å². The molecular weight excluding hydrogens is 447 g/mol. The highest BCUT2D eigenvalue weighted by atomic mass is 19.4. The SMILES string of the molecule is Cc1ncccc1-c1nn(CCCN2CC3C[C@]3(c3ccc(C(F)(F)F)cc3)C2)c(=O)[nH]c1=O. The van der Waals surface area contributed by atoms with Crippen LogP contribution in [0, 0.1) is 12.8 Å². The molecule has 1 N–H and O–H groups in total. The number of halogens is 3. The molecule has 3 heterocycles. The fourth-order valence-electron chi connectivity index (χ4n) is 5.13. The number of aryl methyl sites for hydroxylation is 2. The number of pyridine rings is 1. The summed E-state index contributed by atoms with van der Waals surface area (Å²) in [6, 6.07) is 9.00. The van der Waals surface area contributed by atoms with Crippen LogP contribution in [0.4, 0.5) is 13.2 Å². The van der Waals surface area contributed by atoms with Gasteiger partial charge < -0.3 is 4.90 Å². The molecule has 2 atom stereocenters. The normalized spacial score (nSPS) is 22.1. The van der Waals surface area contributed by atoms with Gasteiger partial charge in [0.25, 0.3) is 5.56 Å². The zero-order valence-electron chi connectivity index (χ0n) is 18.6. The molecule has 178 valence electrons. The van der Waals surface area contributed by atoms with E-state index < -0.39 is 23.0 Å². The second-order valence-corrected chi connectivity index (χ2v) is 9.19. The van der Waals surface area contributed by atoms with Crippen LogP contribution in [0.25, 0.3) is 11.3 Å². The number of nitrogens with zero attached hydrogens (tertiary/aromatic N) is 4. The molecule has 5 rings (SSSR count). The molecule has 0 bridgehead atoms. The lowest BCUT2D eigenvalue weighted by Crippen LogP contribution is -2.35. The van der Waals surface area contributed by atoms with Crippen LogP contribution in [0.2, 0.25) is 0 Å². The van der Waals surface area contributed by atoms with E-state index in [1.54, 1.807) is 37.4 Å². The first-order valence-electron chi connectivity index (χ1n) is 11.2. The average molecular weight is 471 g/mol. The highest BCUT2D eigenvalue weighted by molar-refractivity contribution is 5.59. The molecule has 1 unspecified atom stereocenters. The number of likely N-dealkylation sites (tertiary alicyclic amines) is 1. The number of aromatic nitrogens is 4. The smallest absolute Gasteiger partial charge is 0.302 e. The van der Waals surface area contributed by atoms with Gasteiger partial charge in [0.1, 0.15) is 0 Å². The fraction of sp³-hybridized carbons (Fsp3) is 0.417. The van der Waals surface area contributed by atoms with Gasteiger partial charge in [0.15, 0.2) is 5.69 Å². The predicted octanol–water partition coefficient (Wildman–Crippen LogP) is 2.98. The van der Waals surface area contributed by atoms with Gasteiger partial charge in [-0.05, 0) is 62.1 Å². The molecule has 1 aromatic carbocycles. The van der Waals surface area contributed by atoms with E-state index in [0.717, 1.165) is 43.8 Å². The van der Waals surface area contributed by atoms with Crippen molar-refractivity contribution in [3.8, 4) is 11.3 Å². The quantitative estimate of drug-likeness (QED) is 0.598. The van der Waals surface area contributed by atoms with E-state index >= 15 is 0 Å². The van der Waals surface area contributed by atoms with Crippen LogP contribution in [0.3, 0.4) is 0 Å². The van der Waals surface area contributed by atoms with Crippen molar-refractivity contribution in [1.29, 1.82) is 0 Å². The Kier molecular flexibility index (Phi) is 5.43.